The van der Waals surface area contributed by atoms with E-state index in [-0.39, 0.29) is 11.5 Å². The molecule has 4 atom stereocenters. The fraction of sp³-hybridized carbons (Fsp3) is 0.500. The molecule has 0 saturated carbocycles. The van der Waals surface area contributed by atoms with Crippen LogP contribution in [0, 0.1) is 5.41 Å². The molecule has 0 radical (unpaired) electrons. The molecule has 0 bridgehead atoms. The van der Waals surface area contributed by atoms with Crippen molar-refractivity contribution < 1.29 is 24.2 Å². The molecule has 6 heteroatoms. The van der Waals surface area contributed by atoms with E-state index in [0.29, 0.717) is 6.61 Å². The fourth-order valence-corrected chi connectivity index (χ4v) is 5.15. The van der Waals surface area contributed by atoms with Crippen LogP contribution in [0.2, 0.25) is 0 Å². The molecule has 1 aromatic carbocycles. The molecule has 32 heavy (non-hydrogen) atoms. The number of oxime groups is 1. The second-order valence-electron chi connectivity index (χ2n) is 8.96. The van der Waals surface area contributed by atoms with Gasteiger partial charge in [0.05, 0.1) is 25.5 Å². The lowest BCUT2D eigenvalue weighted by Crippen LogP contribution is -2.42. The van der Waals surface area contributed by atoms with E-state index < -0.39 is 12.4 Å². The molecule has 6 nitrogen and oxygen atoms in total. The van der Waals surface area contributed by atoms with Gasteiger partial charge in [-0.15, -0.1) is 6.58 Å². The van der Waals surface area contributed by atoms with E-state index in [9.17, 15) is 5.11 Å². The van der Waals surface area contributed by atoms with Crippen molar-refractivity contribution in [1.82, 2.24) is 0 Å². The van der Waals surface area contributed by atoms with Crippen LogP contribution < -0.4 is 4.74 Å². The van der Waals surface area contributed by atoms with Gasteiger partial charge in [0, 0.05) is 16.6 Å². The van der Waals surface area contributed by atoms with Crippen LogP contribution in [0.15, 0.2) is 64.4 Å². The molecular formula is C26H33NO5. The first kappa shape index (κ1) is 22.8. The van der Waals surface area contributed by atoms with Crippen molar-refractivity contribution in [3.8, 4) is 5.75 Å². The predicted octanol–water partition coefficient (Wildman–Crippen LogP) is 4.87. The van der Waals surface area contributed by atoms with Crippen LogP contribution in [0.3, 0.4) is 0 Å². The highest BCUT2D eigenvalue weighted by atomic mass is 16.7. The number of rotatable bonds is 6. The van der Waals surface area contributed by atoms with E-state index in [0.717, 1.165) is 65.0 Å². The van der Waals surface area contributed by atoms with E-state index in [1.54, 1.807) is 14.2 Å². The van der Waals surface area contributed by atoms with E-state index in [1.807, 2.05) is 30.3 Å². The van der Waals surface area contributed by atoms with E-state index in [4.69, 9.17) is 19.0 Å². The fourth-order valence-electron chi connectivity index (χ4n) is 5.15. The monoisotopic (exact) mass is 439 g/mol. The molecule has 0 spiro atoms. The van der Waals surface area contributed by atoms with Crippen molar-refractivity contribution in [3.05, 3.63) is 64.8 Å². The SMILES string of the molecule is C=C[C@]1(C)CC[C@@H]2OC(c3ccc(OC)cc3)OCC2=C1C(O)C1=C(C)CC/C1=N\OC. The van der Waals surface area contributed by atoms with Gasteiger partial charge in [0.2, 0.25) is 0 Å². The molecule has 0 amide bonds. The minimum Gasteiger partial charge on any atom is -0.497 e. The van der Waals surface area contributed by atoms with Crippen molar-refractivity contribution >= 4 is 5.71 Å². The molecule has 2 aliphatic carbocycles. The van der Waals surface area contributed by atoms with E-state index in [1.165, 1.54) is 0 Å². The largest absolute Gasteiger partial charge is 0.497 e. The number of methoxy groups -OCH3 is 1. The van der Waals surface area contributed by atoms with Crippen LogP contribution >= 0.6 is 0 Å². The molecule has 3 aliphatic rings. The number of allylic oxidation sites excluding steroid dienone is 2. The third kappa shape index (κ3) is 4.03. The number of aliphatic hydroxyl groups is 1. The summed E-state index contributed by atoms with van der Waals surface area (Å²) in [5, 5.41) is 15.9. The van der Waals surface area contributed by atoms with Crippen molar-refractivity contribution in [3.63, 3.8) is 0 Å². The van der Waals surface area contributed by atoms with E-state index in [2.05, 4.69) is 25.6 Å². The van der Waals surface area contributed by atoms with Crippen molar-refractivity contribution in [2.75, 3.05) is 20.8 Å². The summed E-state index contributed by atoms with van der Waals surface area (Å²) in [6, 6.07) is 7.74. The van der Waals surface area contributed by atoms with Crippen LogP contribution in [-0.2, 0) is 14.3 Å². The molecule has 1 fully saturated rings. The summed E-state index contributed by atoms with van der Waals surface area (Å²) in [6.07, 6.45) is 3.93. The summed E-state index contributed by atoms with van der Waals surface area (Å²) in [5.74, 6) is 0.795. The lowest BCUT2D eigenvalue weighted by molar-refractivity contribution is -0.197. The Balaban J connectivity index is 1.68. The third-order valence-electron chi connectivity index (χ3n) is 7.05. The summed E-state index contributed by atoms with van der Waals surface area (Å²) in [4.78, 5) is 5.05. The Morgan fingerprint density at radius 1 is 1.25 bits per heavy atom. The molecular weight excluding hydrogens is 406 g/mol. The number of nitrogens with zero attached hydrogens (tertiary/aromatic N) is 1. The number of hydrogen-bond acceptors (Lipinski definition) is 6. The molecule has 1 N–H and O–H groups in total. The second kappa shape index (κ2) is 9.22. The standard InChI is InChI=1S/C26H33NO5/c1-6-26(3)14-13-21-19(15-31-25(32-21)17-8-10-18(29-4)11-9-17)23(26)24(28)22-16(2)7-12-20(22)27-30-5/h6,8-11,21,24-25,28H,1,7,12-15H2,2-5H3/b27-20+/t21-,24?,25?,26+/m0/s1. The molecule has 4 rings (SSSR count). The van der Waals surface area contributed by atoms with Crippen molar-refractivity contribution in [2.45, 2.75) is 58.0 Å². The van der Waals surface area contributed by atoms with Gasteiger partial charge >= 0.3 is 0 Å². The average Bonchev–Trinajstić information content (AvgIpc) is 3.18. The summed E-state index contributed by atoms with van der Waals surface area (Å²) in [5.41, 5.74) is 5.36. The van der Waals surface area contributed by atoms with E-state index >= 15 is 0 Å². The molecule has 172 valence electrons. The maximum absolute atomic E-state index is 11.7. The molecule has 0 aromatic heterocycles. The minimum atomic E-state index is -0.795. The summed E-state index contributed by atoms with van der Waals surface area (Å²) < 4.78 is 17.8. The number of fused-ring (bicyclic) bond motifs is 1. The molecule has 1 heterocycles. The van der Waals surface area contributed by atoms with Gasteiger partial charge in [-0.3, -0.25) is 0 Å². The first-order valence-corrected chi connectivity index (χ1v) is 11.2. The minimum absolute atomic E-state index is 0.112. The van der Waals surface area contributed by atoms with Crippen LogP contribution in [0.5, 0.6) is 5.75 Å². The lowest BCUT2D eigenvalue weighted by Gasteiger charge is -2.45. The number of benzene rings is 1. The summed E-state index contributed by atoms with van der Waals surface area (Å²) in [6.45, 7) is 8.69. The summed E-state index contributed by atoms with van der Waals surface area (Å²) in [7, 11) is 3.19. The van der Waals surface area contributed by atoms with Gasteiger partial charge in [-0.1, -0.05) is 35.9 Å². The number of hydrogen-bond donors (Lipinski definition) is 1. The van der Waals surface area contributed by atoms with Gasteiger partial charge in [0.25, 0.3) is 0 Å². The molecule has 1 saturated heterocycles. The van der Waals surface area contributed by atoms with Gasteiger partial charge < -0.3 is 24.2 Å². The lowest BCUT2D eigenvalue weighted by atomic mass is 9.67. The van der Waals surface area contributed by atoms with Gasteiger partial charge in [-0.25, -0.2) is 0 Å². The van der Waals surface area contributed by atoms with Gasteiger partial charge in [0.1, 0.15) is 19.0 Å². The van der Waals surface area contributed by atoms with Crippen LogP contribution in [-0.4, -0.2) is 43.9 Å². The molecule has 2 unspecified atom stereocenters. The number of aliphatic hydroxyl groups excluding tert-OH is 1. The Morgan fingerprint density at radius 3 is 2.66 bits per heavy atom. The Labute approximate surface area is 190 Å². The maximum Gasteiger partial charge on any atom is 0.184 e. The Bertz CT molecular complexity index is 961. The highest BCUT2D eigenvalue weighted by molar-refractivity contribution is 6.04. The normalized spacial score (nSPS) is 30.3. The highest BCUT2D eigenvalue weighted by Gasteiger charge is 2.45. The Morgan fingerprint density at radius 2 is 2.00 bits per heavy atom. The third-order valence-corrected chi connectivity index (χ3v) is 7.05. The van der Waals surface area contributed by atoms with Crippen LogP contribution in [0.25, 0.3) is 0 Å². The van der Waals surface area contributed by atoms with Gasteiger partial charge in [-0.05, 0) is 55.9 Å². The Hall–Kier alpha value is -2.41. The first-order valence-electron chi connectivity index (χ1n) is 11.2. The Kier molecular flexibility index (Phi) is 6.56. The number of ether oxygens (including phenoxy) is 3. The topological polar surface area (TPSA) is 69.5 Å². The zero-order chi connectivity index (χ0) is 22.9. The van der Waals surface area contributed by atoms with Crippen LogP contribution in [0.4, 0.5) is 0 Å². The average molecular weight is 440 g/mol. The molecule has 1 aromatic rings. The zero-order valence-electron chi connectivity index (χ0n) is 19.4. The molecule has 1 aliphatic heterocycles. The van der Waals surface area contributed by atoms with Crippen molar-refractivity contribution in [2.24, 2.45) is 10.6 Å². The smallest absolute Gasteiger partial charge is 0.184 e. The second-order valence-corrected chi connectivity index (χ2v) is 8.96. The quantitative estimate of drug-likeness (QED) is 0.506. The van der Waals surface area contributed by atoms with Crippen molar-refractivity contribution in [1.29, 1.82) is 0 Å². The summed E-state index contributed by atoms with van der Waals surface area (Å²) >= 11 is 0. The predicted molar refractivity (Wildman–Crippen MR) is 124 cm³/mol. The van der Waals surface area contributed by atoms with Gasteiger partial charge in [0.15, 0.2) is 6.29 Å². The highest BCUT2D eigenvalue weighted by Crippen LogP contribution is 2.49. The van der Waals surface area contributed by atoms with Crippen LogP contribution in [0.1, 0.15) is 51.4 Å². The zero-order valence-corrected chi connectivity index (χ0v) is 19.4. The first-order chi connectivity index (χ1) is 15.4. The van der Waals surface area contributed by atoms with Gasteiger partial charge in [-0.2, -0.15) is 0 Å². The maximum atomic E-state index is 11.7.